The fourth-order valence-corrected chi connectivity index (χ4v) is 1.51. The monoisotopic (exact) mass is 262 g/mol. The van der Waals surface area contributed by atoms with Crippen LogP contribution < -0.4 is 10.6 Å². The van der Waals surface area contributed by atoms with Gasteiger partial charge in [-0.25, -0.2) is 4.98 Å². The lowest BCUT2D eigenvalue weighted by Gasteiger charge is -2.19. The van der Waals surface area contributed by atoms with Crippen molar-refractivity contribution in [3.8, 4) is 0 Å². The summed E-state index contributed by atoms with van der Waals surface area (Å²) < 4.78 is 37.7. The van der Waals surface area contributed by atoms with E-state index in [0.717, 1.165) is 25.3 Å². The van der Waals surface area contributed by atoms with Crippen LogP contribution in [0.15, 0.2) is 6.07 Å². The first-order valence-corrected chi connectivity index (χ1v) is 5.77. The van der Waals surface area contributed by atoms with Crippen LogP contribution in [0.3, 0.4) is 0 Å². The van der Waals surface area contributed by atoms with Crippen molar-refractivity contribution in [2.75, 3.05) is 24.2 Å². The predicted octanol–water partition coefficient (Wildman–Crippen LogP) is 2.70. The highest BCUT2D eigenvalue weighted by Gasteiger charge is 2.33. The molecule has 0 aromatic carbocycles. The Morgan fingerprint density at radius 2 is 1.94 bits per heavy atom. The van der Waals surface area contributed by atoms with Gasteiger partial charge in [-0.3, -0.25) is 0 Å². The maximum atomic E-state index is 12.6. The van der Waals surface area contributed by atoms with Gasteiger partial charge in [-0.2, -0.15) is 18.2 Å². The van der Waals surface area contributed by atoms with Crippen molar-refractivity contribution in [2.45, 2.75) is 32.4 Å². The van der Waals surface area contributed by atoms with E-state index < -0.39 is 11.9 Å². The van der Waals surface area contributed by atoms with Crippen LogP contribution in [0.2, 0.25) is 0 Å². The Balaban J connectivity index is 2.85. The second-order valence-electron chi connectivity index (χ2n) is 4.10. The molecule has 0 aliphatic carbocycles. The van der Waals surface area contributed by atoms with Crippen molar-refractivity contribution in [3.05, 3.63) is 11.8 Å². The minimum atomic E-state index is -4.50. The Morgan fingerprint density at radius 3 is 2.50 bits per heavy atom. The summed E-state index contributed by atoms with van der Waals surface area (Å²) in [5, 5.41) is 0. The topological polar surface area (TPSA) is 55.0 Å². The lowest BCUT2D eigenvalue weighted by Crippen LogP contribution is -2.22. The van der Waals surface area contributed by atoms with Gasteiger partial charge in [-0.15, -0.1) is 0 Å². The Hall–Kier alpha value is -1.53. The molecule has 0 spiro atoms. The fourth-order valence-electron chi connectivity index (χ4n) is 1.51. The number of anilines is 2. The number of aromatic nitrogens is 2. The van der Waals surface area contributed by atoms with Gasteiger partial charge in [0.2, 0.25) is 5.95 Å². The molecule has 0 saturated carbocycles. The smallest absolute Gasteiger partial charge is 0.368 e. The highest BCUT2D eigenvalue weighted by Crippen LogP contribution is 2.29. The third-order valence-corrected chi connectivity index (χ3v) is 2.51. The van der Waals surface area contributed by atoms with E-state index in [-0.39, 0.29) is 11.8 Å². The van der Waals surface area contributed by atoms with Crippen molar-refractivity contribution in [1.82, 2.24) is 9.97 Å². The van der Waals surface area contributed by atoms with E-state index in [9.17, 15) is 13.2 Å². The molecule has 0 saturated heterocycles. The highest BCUT2D eigenvalue weighted by molar-refractivity contribution is 5.43. The second kappa shape index (κ2) is 5.88. The minimum Gasteiger partial charge on any atom is -0.368 e. The van der Waals surface area contributed by atoms with Gasteiger partial charge in [-0.05, 0) is 6.42 Å². The first-order valence-electron chi connectivity index (χ1n) is 5.77. The maximum absolute atomic E-state index is 12.6. The molecule has 0 fully saturated rings. The number of nitrogen functional groups attached to an aromatic ring is 1. The normalized spacial score (nSPS) is 11.6. The number of unbranched alkanes of at least 4 members (excludes halogenated alkanes) is 2. The molecular weight excluding hydrogens is 245 g/mol. The van der Waals surface area contributed by atoms with Gasteiger partial charge >= 0.3 is 6.18 Å². The van der Waals surface area contributed by atoms with Crippen molar-refractivity contribution in [3.63, 3.8) is 0 Å². The van der Waals surface area contributed by atoms with Crippen LogP contribution in [0, 0.1) is 0 Å². The molecule has 1 aromatic heterocycles. The number of alkyl halides is 3. The highest BCUT2D eigenvalue weighted by atomic mass is 19.4. The number of nitrogens with zero attached hydrogens (tertiary/aromatic N) is 3. The van der Waals surface area contributed by atoms with Crippen molar-refractivity contribution in [1.29, 1.82) is 0 Å². The molecule has 0 aliphatic heterocycles. The first-order chi connectivity index (χ1) is 8.34. The van der Waals surface area contributed by atoms with Crippen LogP contribution in [0.4, 0.5) is 24.9 Å². The zero-order chi connectivity index (χ0) is 13.8. The van der Waals surface area contributed by atoms with E-state index in [1.807, 2.05) is 0 Å². The van der Waals surface area contributed by atoms with Crippen molar-refractivity contribution >= 4 is 11.8 Å². The van der Waals surface area contributed by atoms with Crippen molar-refractivity contribution < 1.29 is 13.2 Å². The Bertz CT molecular complexity index is 392. The molecule has 4 nitrogen and oxygen atoms in total. The van der Waals surface area contributed by atoms with Gasteiger partial charge in [0.05, 0.1) is 0 Å². The van der Waals surface area contributed by atoms with Crippen LogP contribution >= 0.6 is 0 Å². The van der Waals surface area contributed by atoms with E-state index >= 15 is 0 Å². The van der Waals surface area contributed by atoms with Crippen molar-refractivity contribution in [2.24, 2.45) is 0 Å². The van der Waals surface area contributed by atoms with Gasteiger partial charge in [-0.1, -0.05) is 19.8 Å². The zero-order valence-corrected chi connectivity index (χ0v) is 10.5. The molecule has 0 radical (unpaired) electrons. The zero-order valence-electron chi connectivity index (χ0n) is 10.5. The van der Waals surface area contributed by atoms with E-state index in [0.29, 0.717) is 6.54 Å². The van der Waals surface area contributed by atoms with Gasteiger partial charge < -0.3 is 10.6 Å². The third-order valence-electron chi connectivity index (χ3n) is 2.51. The number of hydrogen-bond donors (Lipinski definition) is 1. The average Bonchev–Trinajstić information content (AvgIpc) is 2.27. The number of hydrogen-bond acceptors (Lipinski definition) is 4. The van der Waals surface area contributed by atoms with E-state index in [2.05, 4.69) is 16.9 Å². The minimum absolute atomic E-state index is 0.200. The molecule has 18 heavy (non-hydrogen) atoms. The van der Waals surface area contributed by atoms with Crippen LogP contribution in [0.5, 0.6) is 0 Å². The van der Waals surface area contributed by atoms with Gasteiger partial charge in [0, 0.05) is 19.7 Å². The summed E-state index contributed by atoms with van der Waals surface area (Å²) in [6.07, 6.45) is -1.53. The largest absolute Gasteiger partial charge is 0.433 e. The molecule has 2 N–H and O–H groups in total. The van der Waals surface area contributed by atoms with E-state index in [4.69, 9.17) is 5.73 Å². The third kappa shape index (κ3) is 4.05. The SMILES string of the molecule is CCCCCN(C)c1cc(C(F)(F)F)nc(N)n1. The lowest BCUT2D eigenvalue weighted by atomic mass is 10.2. The maximum Gasteiger partial charge on any atom is 0.433 e. The quantitative estimate of drug-likeness (QED) is 0.829. The first kappa shape index (κ1) is 14.5. The summed E-state index contributed by atoms with van der Waals surface area (Å²) in [6.45, 7) is 2.70. The number of nitrogens with two attached hydrogens (primary N) is 1. The van der Waals surface area contributed by atoms with Gasteiger partial charge in [0.25, 0.3) is 0 Å². The fraction of sp³-hybridized carbons (Fsp3) is 0.636. The molecule has 1 aromatic rings. The summed E-state index contributed by atoms with van der Waals surface area (Å²) in [5.41, 5.74) is 4.29. The lowest BCUT2D eigenvalue weighted by molar-refractivity contribution is -0.141. The summed E-state index contributed by atoms with van der Waals surface area (Å²) in [5.74, 6) is -0.159. The molecule has 1 rings (SSSR count). The number of rotatable bonds is 5. The molecule has 0 atom stereocenters. The summed E-state index contributed by atoms with van der Waals surface area (Å²) >= 11 is 0. The Kier molecular flexibility index (Phi) is 4.75. The average molecular weight is 262 g/mol. The molecule has 1 heterocycles. The molecule has 7 heteroatoms. The second-order valence-corrected chi connectivity index (χ2v) is 4.10. The summed E-state index contributed by atoms with van der Waals surface area (Å²) in [7, 11) is 1.69. The molecule has 0 amide bonds. The van der Waals surface area contributed by atoms with Crippen LogP contribution in [0.1, 0.15) is 31.9 Å². The predicted molar refractivity (Wildman–Crippen MR) is 64.2 cm³/mol. The molecule has 0 bridgehead atoms. The molecular formula is C11H17F3N4. The summed E-state index contributed by atoms with van der Waals surface area (Å²) in [4.78, 5) is 8.67. The summed E-state index contributed by atoms with van der Waals surface area (Å²) in [6, 6.07) is 0.919. The molecule has 102 valence electrons. The van der Waals surface area contributed by atoms with E-state index in [1.165, 1.54) is 0 Å². The standard InChI is InChI=1S/C11H17F3N4/c1-3-4-5-6-18(2)9-7-8(11(12,13)14)16-10(15)17-9/h7H,3-6H2,1-2H3,(H2,15,16,17). The Morgan fingerprint density at radius 1 is 1.28 bits per heavy atom. The van der Waals surface area contributed by atoms with Crippen LogP contribution in [-0.4, -0.2) is 23.6 Å². The van der Waals surface area contributed by atoms with Crippen LogP contribution in [-0.2, 0) is 6.18 Å². The molecule has 0 unspecified atom stereocenters. The van der Waals surface area contributed by atoms with E-state index in [1.54, 1.807) is 11.9 Å². The van der Waals surface area contributed by atoms with Gasteiger partial charge in [0.1, 0.15) is 5.82 Å². The Labute approximate surface area is 104 Å². The molecule has 0 aliphatic rings. The van der Waals surface area contributed by atoms with Crippen LogP contribution in [0.25, 0.3) is 0 Å². The number of halogens is 3. The van der Waals surface area contributed by atoms with Gasteiger partial charge in [0.15, 0.2) is 5.69 Å².